The Labute approximate surface area is 125 Å². The van der Waals surface area contributed by atoms with Crippen LogP contribution in [0.5, 0.6) is 5.75 Å². The summed E-state index contributed by atoms with van der Waals surface area (Å²) in [5, 5.41) is 5.76. The fourth-order valence-electron chi connectivity index (χ4n) is 2.10. The Morgan fingerprint density at radius 1 is 1.10 bits per heavy atom. The van der Waals surface area contributed by atoms with Gasteiger partial charge in [0.15, 0.2) is 0 Å². The zero-order valence-electron chi connectivity index (χ0n) is 12.3. The van der Waals surface area contributed by atoms with Crippen LogP contribution in [0.1, 0.15) is 24.1 Å². The second-order valence-electron chi connectivity index (χ2n) is 4.77. The third-order valence-electron chi connectivity index (χ3n) is 3.28. The summed E-state index contributed by atoms with van der Waals surface area (Å²) in [6.45, 7) is 2.38. The standard InChI is InChI=1S/C17H20N2O2/c1-13(14-8-4-3-5-9-14)19-17(20)18-12-15-10-6-7-11-16(15)21-2/h3-11,13H,12H2,1-2H3,(H2,18,19,20). The lowest BCUT2D eigenvalue weighted by Gasteiger charge is -2.15. The number of nitrogens with one attached hydrogen (secondary N) is 2. The average molecular weight is 284 g/mol. The number of benzene rings is 2. The fourth-order valence-corrected chi connectivity index (χ4v) is 2.10. The van der Waals surface area contributed by atoms with Gasteiger partial charge in [0.25, 0.3) is 0 Å². The van der Waals surface area contributed by atoms with Crippen molar-refractivity contribution in [1.82, 2.24) is 10.6 Å². The largest absolute Gasteiger partial charge is 0.496 e. The maximum Gasteiger partial charge on any atom is 0.315 e. The Morgan fingerprint density at radius 3 is 2.48 bits per heavy atom. The molecule has 0 aliphatic carbocycles. The summed E-state index contributed by atoms with van der Waals surface area (Å²) in [7, 11) is 1.62. The van der Waals surface area contributed by atoms with Crippen LogP contribution in [0.25, 0.3) is 0 Å². The molecule has 21 heavy (non-hydrogen) atoms. The van der Waals surface area contributed by atoms with E-state index < -0.39 is 0 Å². The summed E-state index contributed by atoms with van der Waals surface area (Å²) >= 11 is 0. The molecule has 0 radical (unpaired) electrons. The van der Waals surface area contributed by atoms with Crippen LogP contribution in [-0.4, -0.2) is 13.1 Å². The average Bonchev–Trinajstić information content (AvgIpc) is 2.54. The molecule has 4 heteroatoms. The third kappa shape index (κ3) is 4.24. The van der Waals surface area contributed by atoms with Crippen molar-refractivity contribution in [2.24, 2.45) is 0 Å². The number of carbonyl (C=O) groups excluding carboxylic acids is 1. The quantitative estimate of drug-likeness (QED) is 0.885. The molecule has 2 aromatic rings. The molecule has 2 rings (SSSR count). The lowest BCUT2D eigenvalue weighted by Crippen LogP contribution is -2.36. The predicted molar refractivity (Wildman–Crippen MR) is 83.2 cm³/mol. The van der Waals surface area contributed by atoms with Gasteiger partial charge in [0.2, 0.25) is 0 Å². The van der Waals surface area contributed by atoms with Crippen molar-refractivity contribution in [3.05, 3.63) is 65.7 Å². The molecule has 1 atom stereocenters. The first kappa shape index (κ1) is 14.9. The minimum Gasteiger partial charge on any atom is -0.496 e. The maximum atomic E-state index is 11.9. The first-order valence-electron chi connectivity index (χ1n) is 6.92. The van der Waals surface area contributed by atoms with Crippen LogP contribution in [0.3, 0.4) is 0 Å². The maximum absolute atomic E-state index is 11.9. The summed E-state index contributed by atoms with van der Waals surface area (Å²) in [6, 6.07) is 17.3. The number of carbonyl (C=O) groups is 1. The van der Waals surface area contributed by atoms with Gasteiger partial charge in [-0.2, -0.15) is 0 Å². The monoisotopic (exact) mass is 284 g/mol. The number of para-hydroxylation sites is 1. The molecule has 2 amide bonds. The van der Waals surface area contributed by atoms with Crippen LogP contribution in [0.15, 0.2) is 54.6 Å². The Morgan fingerprint density at radius 2 is 1.76 bits per heavy atom. The fraction of sp³-hybridized carbons (Fsp3) is 0.235. The molecule has 2 N–H and O–H groups in total. The highest BCUT2D eigenvalue weighted by Crippen LogP contribution is 2.16. The van der Waals surface area contributed by atoms with Crippen LogP contribution in [0, 0.1) is 0 Å². The van der Waals surface area contributed by atoms with Gasteiger partial charge < -0.3 is 15.4 Å². The minimum atomic E-state index is -0.197. The molecule has 0 aliphatic rings. The van der Waals surface area contributed by atoms with Gasteiger partial charge in [-0.15, -0.1) is 0 Å². The van der Waals surface area contributed by atoms with Crippen LogP contribution >= 0.6 is 0 Å². The molecule has 1 unspecified atom stereocenters. The van der Waals surface area contributed by atoms with Crippen LogP contribution in [0.4, 0.5) is 4.79 Å². The van der Waals surface area contributed by atoms with E-state index in [1.165, 1.54) is 0 Å². The molecule has 0 heterocycles. The van der Waals surface area contributed by atoms with E-state index >= 15 is 0 Å². The smallest absolute Gasteiger partial charge is 0.315 e. The van der Waals surface area contributed by atoms with Crippen LogP contribution in [-0.2, 0) is 6.54 Å². The molecular weight excluding hydrogens is 264 g/mol. The van der Waals surface area contributed by atoms with Gasteiger partial charge in [-0.05, 0) is 18.6 Å². The molecule has 0 saturated heterocycles. The van der Waals surface area contributed by atoms with Crippen LogP contribution in [0.2, 0.25) is 0 Å². The normalized spacial score (nSPS) is 11.5. The van der Waals surface area contributed by atoms with E-state index in [-0.39, 0.29) is 12.1 Å². The van der Waals surface area contributed by atoms with Gasteiger partial charge in [0, 0.05) is 12.1 Å². The zero-order valence-corrected chi connectivity index (χ0v) is 12.3. The second kappa shape index (κ2) is 7.33. The minimum absolute atomic E-state index is 0.0381. The summed E-state index contributed by atoms with van der Waals surface area (Å²) in [5.41, 5.74) is 2.02. The lowest BCUT2D eigenvalue weighted by molar-refractivity contribution is 0.237. The van der Waals surface area contributed by atoms with E-state index in [2.05, 4.69) is 10.6 Å². The van der Waals surface area contributed by atoms with Crippen molar-refractivity contribution in [2.45, 2.75) is 19.5 Å². The van der Waals surface area contributed by atoms with Crippen molar-refractivity contribution < 1.29 is 9.53 Å². The predicted octanol–water partition coefficient (Wildman–Crippen LogP) is 3.26. The number of hydrogen-bond donors (Lipinski definition) is 2. The van der Waals surface area contributed by atoms with Crippen LogP contribution < -0.4 is 15.4 Å². The molecule has 0 spiro atoms. The van der Waals surface area contributed by atoms with E-state index in [0.29, 0.717) is 6.54 Å². The number of rotatable bonds is 5. The molecule has 0 saturated carbocycles. The molecule has 110 valence electrons. The molecule has 0 fully saturated rings. The molecule has 4 nitrogen and oxygen atoms in total. The van der Waals surface area contributed by atoms with Crippen molar-refractivity contribution in [3.8, 4) is 5.75 Å². The number of hydrogen-bond acceptors (Lipinski definition) is 2. The molecule has 0 aromatic heterocycles. The van der Waals surface area contributed by atoms with Gasteiger partial charge in [0.1, 0.15) is 5.75 Å². The van der Waals surface area contributed by atoms with Crippen molar-refractivity contribution in [1.29, 1.82) is 0 Å². The molecule has 0 aliphatic heterocycles. The Bertz CT molecular complexity index is 584. The van der Waals surface area contributed by atoms with E-state index in [1.54, 1.807) is 7.11 Å². The summed E-state index contributed by atoms with van der Waals surface area (Å²) in [4.78, 5) is 11.9. The van der Waals surface area contributed by atoms with Gasteiger partial charge in [-0.3, -0.25) is 0 Å². The summed E-state index contributed by atoms with van der Waals surface area (Å²) in [6.07, 6.45) is 0. The Hall–Kier alpha value is -2.49. The van der Waals surface area contributed by atoms with Crippen molar-refractivity contribution >= 4 is 6.03 Å². The molecular formula is C17H20N2O2. The number of amides is 2. The van der Waals surface area contributed by atoms with Gasteiger partial charge >= 0.3 is 6.03 Å². The van der Waals surface area contributed by atoms with Gasteiger partial charge in [-0.1, -0.05) is 48.5 Å². The number of urea groups is 1. The van der Waals surface area contributed by atoms with Crippen molar-refractivity contribution in [2.75, 3.05) is 7.11 Å². The third-order valence-corrected chi connectivity index (χ3v) is 3.28. The molecule has 0 bridgehead atoms. The highest BCUT2D eigenvalue weighted by Gasteiger charge is 2.09. The van der Waals surface area contributed by atoms with E-state index in [1.807, 2.05) is 61.5 Å². The van der Waals surface area contributed by atoms with Gasteiger partial charge in [0.05, 0.1) is 13.2 Å². The topological polar surface area (TPSA) is 50.4 Å². The summed E-state index contributed by atoms with van der Waals surface area (Å²) < 4.78 is 5.26. The van der Waals surface area contributed by atoms with Gasteiger partial charge in [-0.25, -0.2) is 4.79 Å². The second-order valence-corrected chi connectivity index (χ2v) is 4.77. The zero-order chi connectivity index (χ0) is 15.1. The van der Waals surface area contributed by atoms with E-state index in [9.17, 15) is 4.79 Å². The van der Waals surface area contributed by atoms with E-state index in [0.717, 1.165) is 16.9 Å². The Balaban J connectivity index is 1.88. The van der Waals surface area contributed by atoms with Crippen molar-refractivity contribution in [3.63, 3.8) is 0 Å². The van der Waals surface area contributed by atoms with E-state index in [4.69, 9.17) is 4.74 Å². The highest BCUT2D eigenvalue weighted by atomic mass is 16.5. The Kier molecular flexibility index (Phi) is 5.21. The first-order chi connectivity index (χ1) is 10.2. The number of ether oxygens (including phenoxy) is 1. The number of methoxy groups -OCH3 is 1. The lowest BCUT2D eigenvalue weighted by atomic mass is 10.1. The highest BCUT2D eigenvalue weighted by molar-refractivity contribution is 5.74. The summed E-state index contributed by atoms with van der Waals surface area (Å²) in [5.74, 6) is 0.772. The first-order valence-corrected chi connectivity index (χ1v) is 6.92. The SMILES string of the molecule is COc1ccccc1CNC(=O)NC(C)c1ccccc1. The molecule has 2 aromatic carbocycles.